The molecule has 3 aromatic carbocycles. The van der Waals surface area contributed by atoms with Crippen LogP contribution in [0.3, 0.4) is 0 Å². The third kappa shape index (κ3) is 4.43. The Bertz CT molecular complexity index is 1280. The van der Waals surface area contributed by atoms with Crippen molar-refractivity contribution in [1.29, 1.82) is 0 Å². The topological polar surface area (TPSA) is 72.4 Å². The van der Waals surface area contributed by atoms with Gasteiger partial charge in [0.1, 0.15) is 12.3 Å². The van der Waals surface area contributed by atoms with Gasteiger partial charge in [0, 0.05) is 28.5 Å². The van der Waals surface area contributed by atoms with Crippen molar-refractivity contribution in [2.75, 3.05) is 17.7 Å². The summed E-state index contributed by atoms with van der Waals surface area (Å²) in [5.74, 6) is 0.268. The summed E-state index contributed by atoms with van der Waals surface area (Å²) in [6.45, 7) is 1.76. The molecule has 156 valence electrons. The standard InChI is InChI=1S/C25H23N3O3/c1-17-15-24(30)28(25-21(17)9-6-10-22(25)31-2)16-23(29)27-20-13-11-19(12-14-20)26-18-7-4-3-5-8-18/h3-15,26H,16H2,1-2H3,(H,27,29). The molecule has 4 rings (SSSR count). The highest BCUT2D eigenvalue weighted by molar-refractivity contribution is 5.93. The molecule has 0 radical (unpaired) electrons. The van der Waals surface area contributed by atoms with Gasteiger partial charge in [-0.2, -0.15) is 0 Å². The molecule has 0 spiro atoms. The van der Waals surface area contributed by atoms with Gasteiger partial charge in [-0.1, -0.05) is 30.3 Å². The van der Waals surface area contributed by atoms with Crippen LogP contribution in [-0.2, 0) is 11.3 Å². The maximum absolute atomic E-state index is 12.7. The minimum absolute atomic E-state index is 0.111. The number of nitrogens with one attached hydrogen (secondary N) is 2. The number of aromatic nitrogens is 1. The maximum Gasteiger partial charge on any atom is 0.251 e. The van der Waals surface area contributed by atoms with Gasteiger partial charge in [-0.25, -0.2) is 0 Å². The summed E-state index contributed by atoms with van der Waals surface area (Å²) < 4.78 is 6.89. The predicted molar refractivity (Wildman–Crippen MR) is 124 cm³/mol. The Labute approximate surface area is 180 Å². The van der Waals surface area contributed by atoms with Crippen LogP contribution in [0.25, 0.3) is 10.9 Å². The second-order valence-corrected chi connectivity index (χ2v) is 7.22. The summed E-state index contributed by atoms with van der Waals surface area (Å²) in [5, 5.41) is 7.03. The van der Waals surface area contributed by atoms with Gasteiger partial charge in [0.15, 0.2) is 0 Å². The fraction of sp³-hybridized carbons (Fsp3) is 0.120. The van der Waals surface area contributed by atoms with E-state index in [-0.39, 0.29) is 18.0 Å². The van der Waals surface area contributed by atoms with E-state index in [1.54, 1.807) is 19.2 Å². The van der Waals surface area contributed by atoms with Gasteiger partial charge in [0.05, 0.1) is 12.6 Å². The summed E-state index contributed by atoms with van der Waals surface area (Å²) in [5.41, 5.74) is 3.77. The molecule has 31 heavy (non-hydrogen) atoms. The molecule has 0 unspecified atom stereocenters. The number of methoxy groups -OCH3 is 1. The fourth-order valence-electron chi connectivity index (χ4n) is 3.56. The molecule has 2 N–H and O–H groups in total. The lowest BCUT2D eigenvalue weighted by atomic mass is 10.1. The van der Waals surface area contributed by atoms with Crippen LogP contribution in [0, 0.1) is 6.92 Å². The average Bonchev–Trinajstić information content (AvgIpc) is 2.78. The van der Waals surface area contributed by atoms with Crippen molar-refractivity contribution in [1.82, 2.24) is 4.57 Å². The highest BCUT2D eigenvalue weighted by Crippen LogP contribution is 2.26. The first-order chi connectivity index (χ1) is 15.0. The summed E-state index contributed by atoms with van der Waals surface area (Å²) in [6, 6.07) is 24.4. The third-order valence-corrected chi connectivity index (χ3v) is 5.05. The van der Waals surface area contributed by atoms with E-state index in [0.717, 1.165) is 22.3 Å². The summed E-state index contributed by atoms with van der Waals surface area (Å²) in [4.78, 5) is 25.4. The van der Waals surface area contributed by atoms with Crippen molar-refractivity contribution in [2.24, 2.45) is 0 Å². The van der Waals surface area contributed by atoms with E-state index in [4.69, 9.17) is 4.74 Å². The number of ether oxygens (including phenoxy) is 1. The van der Waals surface area contributed by atoms with Gasteiger partial charge < -0.3 is 15.4 Å². The Hall–Kier alpha value is -4.06. The first kappa shape index (κ1) is 20.2. The maximum atomic E-state index is 12.7. The monoisotopic (exact) mass is 413 g/mol. The fourth-order valence-corrected chi connectivity index (χ4v) is 3.56. The molecule has 0 fully saturated rings. The highest BCUT2D eigenvalue weighted by atomic mass is 16.5. The predicted octanol–water partition coefficient (Wildman–Crippen LogP) is 4.70. The van der Waals surface area contributed by atoms with Gasteiger partial charge in [-0.05, 0) is 55.0 Å². The van der Waals surface area contributed by atoms with Crippen molar-refractivity contribution in [3.63, 3.8) is 0 Å². The van der Waals surface area contributed by atoms with E-state index in [1.165, 1.54) is 4.57 Å². The molecule has 6 heteroatoms. The molecular weight excluding hydrogens is 390 g/mol. The summed E-state index contributed by atoms with van der Waals surface area (Å²) in [6.07, 6.45) is 0. The van der Waals surface area contributed by atoms with E-state index in [2.05, 4.69) is 10.6 Å². The molecule has 0 atom stereocenters. The number of hydrogen-bond donors (Lipinski definition) is 2. The SMILES string of the molecule is COc1cccc2c(C)cc(=O)n(CC(=O)Nc3ccc(Nc4ccccc4)cc3)c12. The first-order valence-electron chi connectivity index (χ1n) is 9.94. The minimum Gasteiger partial charge on any atom is -0.495 e. The van der Waals surface area contributed by atoms with Crippen molar-refractivity contribution in [3.8, 4) is 5.75 Å². The van der Waals surface area contributed by atoms with E-state index < -0.39 is 0 Å². The van der Waals surface area contributed by atoms with Crippen molar-refractivity contribution >= 4 is 33.9 Å². The Morgan fingerprint density at radius 2 is 1.58 bits per heavy atom. The van der Waals surface area contributed by atoms with Crippen molar-refractivity contribution < 1.29 is 9.53 Å². The van der Waals surface area contributed by atoms with Crippen LogP contribution >= 0.6 is 0 Å². The van der Waals surface area contributed by atoms with Crippen LogP contribution in [0.5, 0.6) is 5.75 Å². The third-order valence-electron chi connectivity index (χ3n) is 5.05. The number of para-hydroxylation sites is 2. The molecule has 0 bridgehead atoms. The molecule has 0 saturated heterocycles. The number of pyridine rings is 1. The number of carbonyl (C=O) groups is 1. The number of anilines is 3. The second kappa shape index (κ2) is 8.75. The molecule has 0 aliphatic heterocycles. The molecule has 1 aromatic heterocycles. The number of rotatable bonds is 6. The van der Waals surface area contributed by atoms with E-state index in [9.17, 15) is 9.59 Å². The van der Waals surface area contributed by atoms with Gasteiger partial charge >= 0.3 is 0 Å². The van der Waals surface area contributed by atoms with Crippen LogP contribution in [0.1, 0.15) is 5.56 Å². The molecule has 6 nitrogen and oxygen atoms in total. The Morgan fingerprint density at radius 3 is 2.29 bits per heavy atom. The van der Waals surface area contributed by atoms with Gasteiger partial charge in [-0.3, -0.25) is 14.2 Å². The molecule has 0 aliphatic carbocycles. The van der Waals surface area contributed by atoms with E-state index in [1.807, 2.05) is 73.7 Å². The van der Waals surface area contributed by atoms with Crippen molar-refractivity contribution in [3.05, 3.63) is 94.8 Å². The van der Waals surface area contributed by atoms with Crippen LogP contribution in [-0.4, -0.2) is 17.6 Å². The number of amides is 1. The zero-order chi connectivity index (χ0) is 21.8. The largest absolute Gasteiger partial charge is 0.495 e. The molecule has 0 aliphatic rings. The van der Waals surface area contributed by atoms with Gasteiger partial charge in [0.25, 0.3) is 5.56 Å². The van der Waals surface area contributed by atoms with Gasteiger partial charge in [-0.15, -0.1) is 0 Å². The number of benzene rings is 3. The summed E-state index contributed by atoms with van der Waals surface area (Å²) in [7, 11) is 1.55. The molecule has 1 heterocycles. The average molecular weight is 413 g/mol. The van der Waals surface area contributed by atoms with Crippen LogP contribution in [0.2, 0.25) is 0 Å². The van der Waals surface area contributed by atoms with E-state index >= 15 is 0 Å². The second-order valence-electron chi connectivity index (χ2n) is 7.22. The Morgan fingerprint density at radius 1 is 0.903 bits per heavy atom. The van der Waals surface area contributed by atoms with Crippen LogP contribution < -0.4 is 20.9 Å². The number of hydrogen-bond acceptors (Lipinski definition) is 4. The molecule has 4 aromatic rings. The van der Waals surface area contributed by atoms with E-state index in [0.29, 0.717) is 17.0 Å². The van der Waals surface area contributed by atoms with Crippen molar-refractivity contribution in [2.45, 2.75) is 13.5 Å². The first-order valence-corrected chi connectivity index (χ1v) is 9.94. The zero-order valence-electron chi connectivity index (χ0n) is 17.4. The lowest BCUT2D eigenvalue weighted by molar-refractivity contribution is -0.116. The minimum atomic E-state index is -0.290. The highest BCUT2D eigenvalue weighted by Gasteiger charge is 2.14. The smallest absolute Gasteiger partial charge is 0.251 e. The Balaban J connectivity index is 1.53. The number of aryl methyl sites for hydroxylation is 1. The number of nitrogens with zero attached hydrogens (tertiary/aromatic N) is 1. The molecule has 0 saturated carbocycles. The van der Waals surface area contributed by atoms with Crippen LogP contribution in [0.15, 0.2) is 83.7 Å². The quantitative estimate of drug-likeness (QED) is 0.481. The number of fused-ring (bicyclic) bond motifs is 1. The van der Waals surface area contributed by atoms with Gasteiger partial charge in [0.2, 0.25) is 5.91 Å². The number of carbonyl (C=O) groups excluding carboxylic acids is 1. The van der Waals surface area contributed by atoms with Crippen LogP contribution in [0.4, 0.5) is 17.1 Å². The summed E-state index contributed by atoms with van der Waals surface area (Å²) >= 11 is 0. The lowest BCUT2D eigenvalue weighted by Gasteiger charge is -2.15. The normalized spacial score (nSPS) is 10.6. The Kier molecular flexibility index (Phi) is 5.71. The molecule has 1 amide bonds. The lowest BCUT2D eigenvalue weighted by Crippen LogP contribution is -2.28. The zero-order valence-corrected chi connectivity index (χ0v) is 17.4. The molecular formula is C25H23N3O3.